The third-order valence-electron chi connectivity index (χ3n) is 6.67. The molecular formula is C27H33F3N4O5. The van der Waals surface area contributed by atoms with Crippen molar-refractivity contribution in [3.63, 3.8) is 0 Å². The molecule has 1 saturated heterocycles. The molecule has 212 valence electrons. The number of halogens is 3. The second-order valence-corrected chi connectivity index (χ2v) is 10.6. The summed E-state index contributed by atoms with van der Waals surface area (Å²) in [5, 5.41) is 19.6. The van der Waals surface area contributed by atoms with E-state index in [-0.39, 0.29) is 47.7 Å². The zero-order valence-electron chi connectivity index (χ0n) is 22.3. The van der Waals surface area contributed by atoms with Crippen molar-refractivity contribution >= 4 is 5.91 Å². The van der Waals surface area contributed by atoms with Crippen LogP contribution in [0.15, 0.2) is 41.4 Å². The number of hydrogen-bond acceptors (Lipinski definition) is 5. The quantitative estimate of drug-likeness (QED) is 0.455. The normalized spacial score (nSPS) is 16.7. The molecule has 1 fully saturated rings. The van der Waals surface area contributed by atoms with Gasteiger partial charge in [0.15, 0.2) is 17.2 Å². The number of nitrogens with zero attached hydrogens (tertiary/aromatic N) is 4. The van der Waals surface area contributed by atoms with Crippen LogP contribution in [0.2, 0.25) is 0 Å². The number of hydrogen-bond donors (Lipinski definition) is 2. The summed E-state index contributed by atoms with van der Waals surface area (Å²) < 4.78 is 56.9. The fourth-order valence-corrected chi connectivity index (χ4v) is 4.65. The van der Waals surface area contributed by atoms with Crippen LogP contribution >= 0.6 is 0 Å². The first-order valence-corrected chi connectivity index (χ1v) is 12.6. The van der Waals surface area contributed by atoms with Gasteiger partial charge in [0.05, 0.1) is 30.3 Å². The molecule has 3 aromatic rings. The molecule has 1 aliphatic rings. The number of benzene rings is 1. The Balaban J connectivity index is 1.72. The fraction of sp³-hybridized carbons (Fsp3) is 0.481. The van der Waals surface area contributed by atoms with E-state index in [0.717, 1.165) is 41.3 Å². The number of aromatic nitrogens is 3. The summed E-state index contributed by atoms with van der Waals surface area (Å²) in [4.78, 5) is 17.7. The summed E-state index contributed by atoms with van der Waals surface area (Å²) in [6, 6.07) is 6.97. The number of ether oxygens (including phenoxy) is 2. The Hall–Kier alpha value is -3.67. The molecule has 1 aliphatic heterocycles. The van der Waals surface area contributed by atoms with Crippen molar-refractivity contribution < 1.29 is 37.7 Å². The molecule has 0 aliphatic carbocycles. The molecule has 1 amide bonds. The lowest BCUT2D eigenvalue weighted by molar-refractivity contribution is -0.137. The van der Waals surface area contributed by atoms with E-state index in [9.17, 15) is 28.2 Å². The molecule has 0 saturated carbocycles. The van der Waals surface area contributed by atoms with E-state index in [1.54, 1.807) is 10.7 Å². The molecule has 2 N–H and O–H groups in total. The molecule has 1 aromatic carbocycles. The standard InChI is InChI=1S/C27H33F3N4O5/c1-26(2,3)21-15-22(34(32(21)4)16-18-6-5-12-38-18)31-25(37)19-14-17(27(28,29)30)7-8-20(19)39-13-11-33-23(35)9-10-24(33)36/h7-10,14-15,18,35-36H,5-6,11-13,16H2,1-4H3/t18-/m1/s1. The SMILES string of the molecule is Cn1c(C(C)(C)C)cc(=NC(=O)c2cc(C(F)(F)F)ccc2OCCn2c(O)ccc2O)n1C[C@H]1CCCO1. The molecule has 9 nitrogen and oxygen atoms in total. The van der Waals surface area contributed by atoms with Gasteiger partial charge in [-0.2, -0.15) is 18.2 Å². The average molecular weight is 551 g/mol. The third kappa shape index (κ3) is 6.32. The van der Waals surface area contributed by atoms with Gasteiger partial charge in [-0.05, 0) is 31.0 Å². The predicted octanol–water partition coefficient (Wildman–Crippen LogP) is 4.35. The summed E-state index contributed by atoms with van der Waals surface area (Å²) >= 11 is 0. The van der Waals surface area contributed by atoms with Gasteiger partial charge in [0.2, 0.25) is 0 Å². The number of rotatable bonds is 7. The molecular weight excluding hydrogens is 517 g/mol. The summed E-state index contributed by atoms with van der Waals surface area (Å²) in [6.45, 7) is 6.99. The van der Waals surface area contributed by atoms with Crippen LogP contribution in [0.3, 0.4) is 0 Å². The monoisotopic (exact) mass is 550 g/mol. The highest BCUT2D eigenvalue weighted by molar-refractivity contribution is 5.97. The highest BCUT2D eigenvalue weighted by Gasteiger charge is 2.32. The maximum Gasteiger partial charge on any atom is 0.416 e. The van der Waals surface area contributed by atoms with Crippen molar-refractivity contribution in [3.8, 4) is 17.5 Å². The van der Waals surface area contributed by atoms with Crippen LogP contribution in [0.25, 0.3) is 0 Å². The van der Waals surface area contributed by atoms with E-state index in [1.165, 1.54) is 12.1 Å². The Kier molecular flexibility index (Phi) is 7.87. The van der Waals surface area contributed by atoms with Crippen molar-refractivity contribution in [3.05, 3.63) is 58.7 Å². The lowest BCUT2D eigenvalue weighted by Gasteiger charge is -2.21. The van der Waals surface area contributed by atoms with E-state index in [2.05, 4.69) is 4.99 Å². The van der Waals surface area contributed by atoms with Crippen LogP contribution in [0, 0.1) is 0 Å². The lowest BCUT2D eigenvalue weighted by atomic mass is 9.92. The van der Waals surface area contributed by atoms with Crippen molar-refractivity contribution in [1.82, 2.24) is 13.9 Å². The minimum atomic E-state index is -4.68. The second kappa shape index (κ2) is 10.8. The van der Waals surface area contributed by atoms with E-state index < -0.39 is 17.6 Å². The first kappa shape index (κ1) is 28.3. The van der Waals surface area contributed by atoms with Gasteiger partial charge in [-0.3, -0.25) is 18.7 Å². The van der Waals surface area contributed by atoms with Gasteiger partial charge in [-0.15, -0.1) is 0 Å². The first-order valence-electron chi connectivity index (χ1n) is 12.6. The Morgan fingerprint density at radius 2 is 1.82 bits per heavy atom. The van der Waals surface area contributed by atoms with Gasteiger partial charge in [-0.25, -0.2) is 0 Å². The Labute approximate surface area is 223 Å². The average Bonchev–Trinajstić information content (AvgIpc) is 3.56. The minimum Gasteiger partial charge on any atom is -0.494 e. The third-order valence-corrected chi connectivity index (χ3v) is 6.67. The van der Waals surface area contributed by atoms with Crippen molar-refractivity contribution in [1.29, 1.82) is 0 Å². The smallest absolute Gasteiger partial charge is 0.416 e. The number of amides is 1. The van der Waals surface area contributed by atoms with Gasteiger partial charge in [0.1, 0.15) is 12.4 Å². The van der Waals surface area contributed by atoms with Crippen molar-refractivity contribution in [2.75, 3.05) is 13.2 Å². The second-order valence-electron chi connectivity index (χ2n) is 10.6. The maximum atomic E-state index is 13.5. The highest BCUT2D eigenvalue weighted by Crippen LogP contribution is 2.33. The Bertz CT molecular complexity index is 1390. The van der Waals surface area contributed by atoms with Crippen LogP contribution in [0.1, 0.15) is 55.2 Å². The van der Waals surface area contributed by atoms with Crippen molar-refractivity contribution in [2.45, 2.75) is 64.4 Å². The topological polar surface area (TPSA) is 103 Å². The Morgan fingerprint density at radius 3 is 2.41 bits per heavy atom. The van der Waals surface area contributed by atoms with Gasteiger partial charge >= 0.3 is 6.18 Å². The largest absolute Gasteiger partial charge is 0.494 e. The predicted molar refractivity (Wildman–Crippen MR) is 136 cm³/mol. The van der Waals surface area contributed by atoms with E-state index >= 15 is 0 Å². The van der Waals surface area contributed by atoms with Gasteiger partial charge < -0.3 is 19.7 Å². The molecule has 3 heterocycles. The number of alkyl halides is 3. The molecule has 4 rings (SSSR count). The highest BCUT2D eigenvalue weighted by atomic mass is 19.4. The van der Waals surface area contributed by atoms with E-state index in [4.69, 9.17) is 9.47 Å². The summed E-state index contributed by atoms with van der Waals surface area (Å²) in [7, 11) is 1.85. The minimum absolute atomic E-state index is 0.00845. The number of aromatic hydroxyl groups is 2. The molecule has 39 heavy (non-hydrogen) atoms. The van der Waals surface area contributed by atoms with E-state index in [1.807, 2.05) is 32.5 Å². The van der Waals surface area contributed by atoms with E-state index in [0.29, 0.717) is 18.6 Å². The van der Waals surface area contributed by atoms with Gasteiger partial charge in [0, 0.05) is 43.0 Å². The molecule has 0 unspecified atom stereocenters. The molecule has 0 bridgehead atoms. The van der Waals surface area contributed by atoms with Crippen molar-refractivity contribution in [2.24, 2.45) is 12.0 Å². The number of carbonyl (C=O) groups is 1. The lowest BCUT2D eigenvalue weighted by Crippen LogP contribution is -2.30. The van der Waals surface area contributed by atoms with Gasteiger partial charge in [-0.1, -0.05) is 20.8 Å². The molecule has 12 heteroatoms. The van der Waals surface area contributed by atoms with Crippen LogP contribution in [-0.4, -0.2) is 49.4 Å². The maximum absolute atomic E-state index is 13.5. The molecule has 0 spiro atoms. The summed E-state index contributed by atoms with van der Waals surface area (Å²) in [6.07, 6.45) is -2.96. The fourth-order valence-electron chi connectivity index (χ4n) is 4.65. The van der Waals surface area contributed by atoms with Crippen LogP contribution in [0.5, 0.6) is 17.5 Å². The summed E-state index contributed by atoms with van der Waals surface area (Å²) in [5.41, 5.74) is -0.461. The zero-order chi connectivity index (χ0) is 28.5. The Morgan fingerprint density at radius 1 is 1.13 bits per heavy atom. The number of carbonyl (C=O) groups excluding carboxylic acids is 1. The van der Waals surface area contributed by atoms with Crippen LogP contribution in [-0.2, 0) is 36.5 Å². The zero-order valence-corrected chi connectivity index (χ0v) is 22.3. The molecule has 0 radical (unpaired) electrons. The van der Waals surface area contributed by atoms with Gasteiger partial charge in [0.25, 0.3) is 5.91 Å². The molecule has 1 atom stereocenters. The summed E-state index contributed by atoms with van der Waals surface area (Å²) in [5.74, 6) is -1.40. The molecule has 2 aromatic heterocycles. The first-order chi connectivity index (χ1) is 18.3. The van der Waals surface area contributed by atoms with Crippen LogP contribution < -0.4 is 10.2 Å². The van der Waals surface area contributed by atoms with Crippen LogP contribution in [0.4, 0.5) is 13.2 Å².